The average molecular weight is 261 g/mol. The Morgan fingerprint density at radius 3 is 2.84 bits per heavy atom. The van der Waals surface area contributed by atoms with Gasteiger partial charge in [0.1, 0.15) is 0 Å². The topological polar surface area (TPSA) is 59.2 Å². The molecule has 2 unspecified atom stereocenters. The van der Waals surface area contributed by atoms with Crippen molar-refractivity contribution in [3.05, 3.63) is 24.0 Å². The minimum absolute atomic E-state index is 0.120. The van der Waals surface area contributed by atoms with Gasteiger partial charge < -0.3 is 5.73 Å². The number of ketones is 1. The fourth-order valence-electron chi connectivity index (χ4n) is 3.18. The van der Waals surface area contributed by atoms with E-state index in [0.29, 0.717) is 17.2 Å². The summed E-state index contributed by atoms with van der Waals surface area (Å²) in [5.74, 6) is 0.688. The molecule has 4 heteroatoms. The lowest BCUT2D eigenvalue weighted by Crippen LogP contribution is -2.54. The number of carbonyl (C=O) groups excluding carboxylic acids is 1. The Hall–Kier alpha value is -1.42. The van der Waals surface area contributed by atoms with Gasteiger partial charge in [0.25, 0.3) is 0 Å². The van der Waals surface area contributed by atoms with E-state index in [0.717, 1.165) is 19.3 Å². The third-order valence-corrected chi connectivity index (χ3v) is 4.35. The van der Waals surface area contributed by atoms with Crippen molar-refractivity contribution in [3.8, 4) is 0 Å². The molecule has 2 rings (SSSR count). The normalized spacial score (nSPS) is 27.5. The Labute approximate surface area is 115 Å². The van der Waals surface area contributed by atoms with Crippen LogP contribution in [0.15, 0.2) is 18.5 Å². The smallest absolute Gasteiger partial charge is 0.186 e. The molecule has 0 spiro atoms. The molecule has 2 atom stereocenters. The molecule has 4 nitrogen and oxygen atoms in total. The number of carbonyl (C=O) groups is 1. The van der Waals surface area contributed by atoms with Gasteiger partial charge in [-0.25, -0.2) is 0 Å². The van der Waals surface area contributed by atoms with Crippen LogP contribution in [0.3, 0.4) is 0 Å². The average Bonchev–Trinajstić information content (AvgIpc) is 2.38. The van der Waals surface area contributed by atoms with Crippen LogP contribution >= 0.6 is 0 Å². The molecule has 0 aromatic carbocycles. The molecule has 1 heterocycles. The molecule has 0 radical (unpaired) electrons. The van der Waals surface area contributed by atoms with Crippen molar-refractivity contribution in [2.45, 2.75) is 38.1 Å². The van der Waals surface area contributed by atoms with Crippen molar-refractivity contribution in [2.75, 3.05) is 19.8 Å². The second kappa shape index (κ2) is 5.29. The van der Waals surface area contributed by atoms with Crippen molar-refractivity contribution in [3.63, 3.8) is 0 Å². The Morgan fingerprint density at radius 1 is 1.53 bits per heavy atom. The van der Waals surface area contributed by atoms with Crippen LogP contribution < -0.4 is 5.73 Å². The van der Waals surface area contributed by atoms with E-state index >= 15 is 0 Å². The molecule has 19 heavy (non-hydrogen) atoms. The molecular formula is C15H23N3O. The summed E-state index contributed by atoms with van der Waals surface area (Å²) in [4.78, 5) is 19.1. The molecule has 0 saturated heterocycles. The van der Waals surface area contributed by atoms with Crippen LogP contribution in [0.25, 0.3) is 0 Å². The van der Waals surface area contributed by atoms with Gasteiger partial charge in [-0.15, -0.1) is 0 Å². The molecule has 0 bridgehead atoms. The zero-order valence-corrected chi connectivity index (χ0v) is 12.0. The zero-order chi connectivity index (χ0) is 14.0. The van der Waals surface area contributed by atoms with E-state index in [-0.39, 0.29) is 5.78 Å². The van der Waals surface area contributed by atoms with Gasteiger partial charge in [0, 0.05) is 18.1 Å². The summed E-state index contributed by atoms with van der Waals surface area (Å²) in [5, 5.41) is 0. The van der Waals surface area contributed by atoms with E-state index in [9.17, 15) is 4.79 Å². The minimum atomic E-state index is -0.422. The highest BCUT2D eigenvalue weighted by molar-refractivity contribution is 6.06. The Balaban J connectivity index is 2.40. The second-order valence-electron chi connectivity index (χ2n) is 5.92. The van der Waals surface area contributed by atoms with Gasteiger partial charge in [0.05, 0.1) is 11.1 Å². The third kappa shape index (κ3) is 2.50. The van der Waals surface area contributed by atoms with Crippen LogP contribution in [-0.4, -0.2) is 35.3 Å². The maximum Gasteiger partial charge on any atom is 0.186 e. The van der Waals surface area contributed by atoms with E-state index in [1.165, 1.54) is 6.42 Å². The number of pyridine rings is 1. The molecule has 0 aliphatic heterocycles. The lowest BCUT2D eigenvalue weighted by molar-refractivity contribution is 0.0487. The predicted octanol–water partition coefficient (Wildman–Crippen LogP) is 2.36. The van der Waals surface area contributed by atoms with Gasteiger partial charge in [-0.2, -0.15) is 0 Å². The summed E-state index contributed by atoms with van der Waals surface area (Å²) in [6.07, 6.45) is 7.31. The molecule has 1 aromatic heterocycles. The third-order valence-electron chi connectivity index (χ3n) is 4.35. The largest absolute Gasteiger partial charge is 0.398 e. The first-order valence-corrected chi connectivity index (χ1v) is 6.89. The first-order valence-electron chi connectivity index (χ1n) is 6.89. The summed E-state index contributed by atoms with van der Waals surface area (Å²) < 4.78 is 0. The van der Waals surface area contributed by atoms with Crippen molar-refractivity contribution in [1.82, 2.24) is 9.88 Å². The van der Waals surface area contributed by atoms with Crippen LogP contribution in [0, 0.1) is 5.92 Å². The number of aromatic nitrogens is 1. The molecule has 0 amide bonds. The summed E-state index contributed by atoms with van der Waals surface area (Å²) in [6, 6.07) is 1.70. The highest BCUT2D eigenvalue weighted by Gasteiger charge is 2.44. The van der Waals surface area contributed by atoms with Crippen LogP contribution in [-0.2, 0) is 0 Å². The number of nitrogens with two attached hydrogens (primary N) is 1. The molecule has 104 valence electrons. The number of nitrogen functional groups attached to an aromatic ring is 1. The van der Waals surface area contributed by atoms with Crippen molar-refractivity contribution in [1.29, 1.82) is 0 Å². The summed E-state index contributed by atoms with van der Waals surface area (Å²) >= 11 is 0. The van der Waals surface area contributed by atoms with Gasteiger partial charge in [-0.1, -0.05) is 19.8 Å². The highest BCUT2D eigenvalue weighted by Crippen LogP contribution is 2.38. The maximum absolute atomic E-state index is 13.0. The standard InChI is InChI=1S/C15H23N3O/c1-11-5-4-7-15(9-11,18(2)3)14(19)12-10-17-8-6-13(12)16/h6,8,10-11H,4-5,7,9H2,1-3H3,(H2,16,17). The molecule has 1 aliphatic carbocycles. The SMILES string of the molecule is CC1CCCC(C(=O)c2cnccc2N)(N(C)C)C1. The molecule has 1 saturated carbocycles. The Morgan fingerprint density at radius 2 is 2.26 bits per heavy atom. The van der Waals surface area contributed by atoms with Crippen molar-refractivity contribution in [2.24, 2.45) is 5.92 Å². The Bertz CT molecular complexity index is 472. The van der Waals surface area contributed by atoms with Crippen LogP contribution in [0.1, 0.15) is 43.0 Å². The van der Waals surface area contributed by atoms with Gasteiger partial charge >= 0.3 is 0 Å². The van der Waals surface area contributed by atoms with E-state index < -0.39 is 5.54 Å². The van der Waals surface area contributed by atoms with E-state index in [4.69, 9.17) is 5.73 Å². The minimum Gasteiger partial charge on any atom is -0.398 e. The Kier molecular flexibility index (Phi) is 3.90. The molecule has 1 aliphatic rings. The van der Waals surface area contributed by atoms with E-state index in [2.05, 4.69) is 16.8 Å². The molecule has 1 fully saturated rings. The van der Waals surface area contributed by atoms with Crippen LogP contribution in [0.2, 0.25) is 0 Å². The fourth-order valence-corrected chi connectivity index (χ4v) is 3.18. The van der Waals surface area contributed by atoms with Gasteiger partial charge in [0.15, 0.2) is 5.78 Å². The lowest BCUT2D eigenvalue weighted by Gasteiger charge is -2.43. The molecule has 2 N–H and O–H groups in total. The van der Waals surface area contributed by atoms with Gasteiger partial charge in [0.2, 0.25) is 0 Å². The van der Waals surface area contributed by atoms with E-state index in [1.54, 1.807) is 18.5 Å². The van der Waals surface area contributed by atoms with Gasteiger partial charge in [-0.05, 0) is 38.9 Å². The number of hydrogen-bond donors (Lipinski definition) is 1. The predicted molar refractivity (Wildman–Crippen MR) is 77.0 cm³/mol. The second-order valence-corrected chi connectivity index (χ2v) is 5.92. The lowest BCUT2D eigenvalue weighted by atomic mass is 9.71. The first kappa shape index (κ1) is 14.0. The molecule has 1 aromatic rings. The number of likely N-dealkylation sites (N-methyl/N-ethyl adjacent to an activating group) is 1. The zero-order valence-electron chi connectivity index (χ0n) is 12.0. The van der Waals surface area contributed by atoms with Crippen molar-refractivity contribution < 1.29 is 4.79 Å². The quantitative estimate of drug-likeness (QED) is 0.849. The van der Waals surface area contributed by atoms with Gasteiger partial charge in [-0.3, -0.25) is 14.7 Å². The number of hydrogen-bond acceptors (Lipinski definition) is 4. The van der Waals surface area contributed by atoms with Crippen LogP contribution in [0.5, 0.6) is 0 Å². The maximum atomic E-state index is 13.0. The number of nitrogens with zero attached hydrogens (tertiary/aromatic N) is 2. The fraction of sp³-hybridized carbons (Fsp3) is 0.600. The number of Topliss-reactive ketones (excluding diaryl/α,β-unsaturated/α-hetero) is 1. The summed E-state index contributed by atoms with van der Waals surface area (Å²) in [5.41, 5.74) is 6.61. The van der Waals surface area contributed by atoms with Crippen molar-refractivity contribution >= 4 is 11.5 Å². The highest BCUT2D eigenvalue weighted by atomic mass is 16.1. The summed E-state index contributed by atoms with van der Waals surface area (Å²) in [6.45, 7) is 2.22. The number of rotatable bonds is 3. The monoisotopic (exact) mass is 261 g/mol. The molecular weight excluding hydrogens is 238 g/mol. The first-order chi connectivity index (χ1) is 8.97. The summed E-state index contributed by atoms with van der Waals surface area (Å²) in [7, 11) is 3.98. The van der Waals surface area contributed by atoms with E-state index in [1.807, 2.05) is 14.1 Å². The van der Waals surface area contributed by atoms with Crippen LogP contribution in [0.4, 0.5) is 5.69 Å². The number of anilines is 1.